The third-order valence-corrected chi connectivity index (χ3v) is 9.88. The molecule has 1 saturated heterocycles. The number of piperazine rings is 1. The molecule has 0 amide bonds. The van der Waals surface area contributed by atoms with Crippen LogP contribution in [0.4, 0.5) is 5.69 Å². The second kappa shape index (κ2) is 14.6. The molecule has 0 spiro atoms. The lowest BCUT2D eigenvalue weighted by Crippen LogP contribution is -2.44. The van der Waals surface area contributed by atoms with E-state index in [2.05, 4.69) is 66.5 Å². The predicted molar refractivity (Wildman–Crippen MR) is 189 cm³/mol. The van der Waals surface area contributed by atoms with Gasteiger partial charge in [-0.3, -0.25) is 9.78 Å². The van der Waals surface area contributed by atoms with Crippen molar-refractivity contribution < 1.29 is 19.1 Å². The number of rotatable bonds is 13. The highest BCUT2D eigenvalue weighted by atomic mass is 32.1. The summed E-state index contributed by atoms with van der Waals surface area (Å²) >= 11 is 1.52. The Morgan fingerprint density at radius 2 is 1.94 bits per heavy atom. The number of nitrogens with zero attached hydrogens (tertiary/aromatic N) is 5. The molecule has 5 rings (SSSR count). The van der Waals surface area contributed by atoms with Crippen molar-refractivity contribution in [3.63, 3.8) is 0 Å². The minimum Gasteiger partial charge on any atom is -0.465 e. The van der Waals surface area contributed by atoms with Gasteiger partial charge in [0.15, 0.2) is 0 Å². The summed E-state index contributed by atoms with van der Waals surface area (Å²) in [7, 11) is 3.88. The van der Waals surface area contributed by atoms with Gasteiger partial charge < -0.3 is 34.4 Å². The number of aryl methyl sites for hydroxylation is 1. The molecule has 0 radical (unpaired) electrons. The van der Waals surface area contributed by atoms with Gasteiger partial charge in [0.25, 0.3) is 0 Å². The summed E-state index contributed by atoms with van der Waals surface area (Å²) in [6, 6.07) is 8.23. The number of fused-ring (bicyclic) bond motifs is 1. The average Bonchev–Trinajstić information content (AvgIpc) is 3.65. The summed E-state index contributed by atoms with van der Waals surface area (Å²) in [5, 5.41) is 3.98. The SMILES string of the molecule is CCn1c(-c2cc(N3CCN(C)CC3)cnc2C(C)OC)c(CC(C)(C)COC(C)=O)c2cc(-c3csc(CC(N)C=O)n3)ccc21. The van der Waals surface area contributed by atoms with E-state index in [1.807, 2.05) is 18.5 Å². The number of aldehydes is 1. The smallest absolute Gasteiger partial charge is 0.302 e. The number of carbonyl (C=O) groups excluding carboxylic acids is 2. The molecule has 1 aliphatic rings. The van der Waals surface area contributed by atoms with Gasteiger partial charge in [0.05, 0.1) is 52.7 Å². The summed E-state index contributed by atoms with van der Waals surface area (Å²) in [4.78, 5) is 37.7. The fourth-order valence-corrected chi connectivity index (χ4v) is 7.22. The van der Waals surface area contributed by atoms with Crippen molar-refractivity contribution in [2.45, 2.75) is 66.2 Å². The topological polar surface area (TPSA) is 116 Å². The Labute approximate surface area is 281 Å². The summed E-state index contributed by atoms with van der Waals surface area (Å²) in [5.41, 5.74) is 13.8. The third kappa shape index (κ3) is 7.75. The van der Waals surface area contributed by atoms with Gasteiger partial charge in [0.2, 0.25) is 0 Å². The standard InChI is InChI=1S/C36H48N6O4S/c1-8-42-32-10-9-25(31-21-47-33(39-31)16-26(37)20-43)15-28(32)30(18-36(4,5)22-46-24(3)44)35(42)29-17-27(19-38-34(29)23(2)45-7)41-13-11-40(6)12-14-41/h9-10,15,17,19-21,23,26H,8,11-14,16,18,22,37H2,1-7H3. The number of ether oxygens (including phenoxy) is 2. The molecule has 1 aromatic carbocycles. The van der Waals surface area contributed by atoms with Gasteiger partial charge in [-0.2, -0.15) is 0 Å². The number of anilines is 1. The molecule has 1 aliphatic heterocycles. The van der Waals surface area contributed by atoms with Crippen LogP contribution in [-0.4, -0.2) is 84.7 Å². The van der Waals surface area contributed by atoms with Crippen LogP contribution in [-0.2, 0) is 38.4 Å². The average molecular weight is 661 g/mol. The van der Waals surface area contributed by atoms with Crippen molar-refractivity contribution >= 4 is 40.2 Å². The van der Waals surface area contributed by atoms with Crippen molar-refractivity contribution in [3.8, 4) is 22.5 Å². The van der Waals surface area contributed by atoms with Crippen LogP contribution in [0.15, 0.2) is 35.8 Å². The molecule has 10 nitrogen and oxygen atoms in total. The number of pyridine rings is 1. The van der Waals surface area contributed by atoms with Crippen LogP contribution in [0.3, 0.4) is 0 Å². The van der Waals surface area contributed by atoms with E-state index >= 15 is 0 Å². The number of nitrogens with two attached hydrogens (primary N) is 1. The number of hydrogen-bond acceptors (Lipinski definition) is 10. The maximum Gasteiger partial charge on any atom is 0.302 e. The molecule has 252 valence electrons. The highest BCUT2D eigenvalue weighted by Gasteiger charge is 2.30. The van der Waals surface area contributed by atoms with E-state index in [0.717, 1.165) is 88.8 Å². The highest BCUT2D eigenvalue weighted by molar-refractivity contribution is 7.10. The Hall–Kier alpha value is -3.64. The number of likely N-dealkylation sites (N-methyl/N-ethyl adjacent to an activating group) is 1. The van der Waals surface area contributed by atoms with E-state index in [4.69, 9.17) is 25.2 Å². The van der Waals surface area contributed by atoms with Crippen molar-refractivity contribution in [3.05, 3.63) is 52.1 Å². The minimum atomic E-state index is -0.567. The molecule has 4 aromatic rings. The number of esters is 1. The van der Waals surface area contributed by atoms with E-state index in [1.165, 1.54) is 23.8 Å². The second-order valence-electron chi connectivity index (χ2n) is 13.3. The Morgan fingerprint density at radius 1 is 1.19 bits per heavy atom. The highest BCUT2D eigenvalue weighted by Crippen LogP contribution is 2.43. The first-order valence-electron chi connectivity index (χ1n) is 16.3. The Kier molecular flexibility index (Phi) is 10.8. The van der Waals surface area contributed by atoms with Gasteiger partial charge >= 0.3 is 5.97 Å². The number of benzene rings is 1. The molecule has 1 fully saturated rings. The maximum absolute atomic E-state index is 11.9. The van der Waals surface area contributed by atoms with Gasteiger partial charge in [0.1, 0.15) is 6.29 Å². The minimum absolute atomic E-state index is 0.224. The number of thiazole rings is 1. The van der Waals surface area contributed by atoms with Crippen molar-refractivity contribution in [2.24, 2.45) is 11.1 Å². The number of aromatic nitrogens is 3. The summed E-state index contributed by atoms with van der Waals surface area (Å²) < 4.78 is 13.8. The van der Waals surface area contributed by atoms with Crippen molar-refractivity contribution in [2.75, 3.05) is 51.8 Å². The monoisotopic (exact) mass is 660 g/mol. The summed E-state index contributed by atoms with van der Waals surface area (Å²) in [6.45, 7) is 14.9. The van der Waals surface area contributed by atoms with Gasteiger partial charge in [-0.05, 0) is 51.1 Å². The molecular formula is C36H48N6O4S. The van der Waals surface area contributed by atoms with Gasteiger partial charge in [0, 0.05) is 86.0 Å². The lowest BCUT2D eigenvalue weighted by Gasteiger charge is -2.34. The van der Waals surface area contributed by atoms with Crippen LogP contribution in [0, 0.1) is 5.41 Å². The zero-order chi connectivity index (χ0) is 33.9. The number of carbonyl (C=O) groups is 2. The van der Waals surface area contributed by atoms with E-state index in [0.29, 0.717) is 19.4 Å². The molecule has 0 saturated carbocycles. The lowest BCUT2D eigenvalue weighted by molar-refractivity contribution is -0.143. The largest absolute Gasteiger partial charge is 0.465 e. The number of methoxy groups -OCH3 is 1. The van der Waals surface area contributed by atoms with Gasteiger partial charge in [-0.15, -0.1) is 11.3 Å². The van der Waals surface area contributed by atoms with Crippen LogP contribution >= 0.6 is 11.3 Å². The first-order valence-corrected chi connectivity index (χ1v) is 17.2. The van der Waals surface area contributed by atoms with Gasteiger partial charge in [-0.25, -0.2) is 4.98 Å². The molecule has 0 aliphatic carbocycles. The van der Waals surface area contributed by atoms with Crippen molar-refractivity contribution in [1.82, 2.24) is 19.4 Å². The third-order valence-electron chi connectivity index (χ3n) is 9.00. The zero-order valence-electron chi connectivity index (χ0n) is 28.7. The molecular weight excluding hydrogens is 613 g/mol. The molecule has 2 unspecified atom stereocenters. The van der Waals surface area contributed by atoms with Crippen LogP contribution in [0.1, 0.15) is 57.0 Å². The zero-order valence-corrected chi connectivity index (χ0v) is 29.5. The second-order valence-corrected chi connectivity index (χ2v) is 14.3. The quantitative estimate of drug-likeness (QED) is 0.147. The fourth-order valence-electron chi connectivity index (χ4n) is 6.34. The van der Waals surface area contributed by atoms with E-state index in [-0.39, 0.29) is 17.5 Å². The molecule has 3 aromatic heterocycles. The molecule has 4 heterocycles. The van der Waals surface area contributed by atoms with E-state index in [1.54, 1.807) is 7.11 Å². The predicted octanol–water partition coefficient (Wildman–Crippen LogP) is 5.51. The van der Waals surface area contributed by atoms with Crippen LogP contribution in [0.2, 0.25) is 0 Å². The first-order chi connectivity index (χ1) is 22.4. The molecule has 11 heteroatoms. The van der Waals surface area contributed by atoms with E-state index in [9.17, 15) is 9.59 Å². The summed E-state index contributed by atoms with van der Waals surface area (Å²) in [5.74, 6) is -0.287. The van der Waals surface area contributed by atoms with Crippen LogP contribution in [0.25, 0.3) is 33.4 Å². The Bertz CT molecular complexity index is 1720. The molecule has 0 bridgehead atoms. The lowest BCUT2D eigenvalue weighted by atomic mass is 9.84. The van der Waals surface area contributed by atoms with Crippen LogP contribution < -0.4 is 10.6 Å². The summed E-state index contributed by atoms with van der Waals surface area (Å²) in [6.07, 6.45) is 3.60. The van der Waals surface area contributed by atoms with Crippen molar-refractivity contribution in [1.29, 1.82) is 0 Å². The Morgan fingerprint density at radius 3 is 2.60 bits per heavy atom. The van der Waals surface area contributed by atoms with E-state index < -0.39 is 6.04 Å². The maximum atomic E-state index is 11.9. The Balaban J connectivity index is 1.72. The molecule has 2 atom stereocenters. The fraction of sp³-hybridized carbons (Fsp3) is 0.500. The normalized spacial score (nSPS) is 15.6. The molecule has 2 N–H and O–H groups in total. The first kappa shape index (κ1) is 34.7. The number of hydrogen-bond donors (Lipinski definition) is 1. The molecule has 47 heavy (non-hydrogen) atoms. The van der Waals surface area contributed by atoms with Crippen LogP contribution in [0.5, 0.6) is 0 Å². The van der Waals surface area contributed by atoms with Gasteiger partial charge in [-0.1, -0.05) is 19.9 Å².